The number of hydrogen-bond acceptors (Lipinski definition) is 5. The molecule has 2 rings (SSSR count). The van der Waals surface area contributed by atoms with Crippen LogP contribution in [0.5, 0.6) is 11.5 Å². The third kappa shape index (κ3) is 4.65. The lowest BCUT2D eigenvalue weighted by atomic mass is 10.2. The van der Waals surface area contributed by atoms with Gasteiger partial charge < -0.3 is 14.8 Å². The zero-order chi connectivity index (χ0) is 19.3. The van der Waals surface area contributed by atoms with Crippen LogP contribution in [0.2, 0.25) is 10.0 Å². The van der Waals surface area contributed by atoms with Crippen molar-refractivity contribution in [1.82, 2.24) is 0 Å². The molecule has 9 heteroatoms. The molecule has 0 spiro atoms. The van der Waals surface area contributed by atoms with Crippen molar-refractivity contribution in [2.24, 2.45) is 0 Å². The number of nitro benzene ring substituents is 1. The second kappa shape index (κ2) is 8.55. The van der Waals surface area contributed by atoms with E-state index in [0.29, 0.717) is 27.1 Å². The van der Waals surface area contributed by atoms with Crippen LogP contribution in [0.4, 0.5) is 11.4 Å². The lowest BCUT2D eigenvalue weighted by Crippen LogP contribution is -2.09. The highest BCUT2D eigenvalue weighted by Crippen LogP contribution is 2.33. The van der Waals surface area contributed by atoms with Gasteiger partial charge in [-0.2, -0.15) is 0 Å². The van der Waals surface area contributed by atoms with E-state index in [0.717, 1.165) is 0 Å². The van der Waals surface area contributed by atoms with Gasteiger partial charge in [0.25, 0.3) is 5.69 Å². The van der Waals surface area contributed by atoms with Gasteiger partial charge in [-0.15, -0.1) is 0 Å². The number of methoxy groups -OCH3 is 2. The molecule has 0 saturated carbocycles. The maximum absolute atomic E-state index is 12.2. The number of non-ortho nitro benzene ring substituents is 1. The predicted octanol–water partition coefficient (Wildman–Crippen LogP) is 4.57. The predicted molar refractivity (Wildman–Crippen MR) is 100 cm³/mol. The Morgan fingerprint density at radius 3 is 2.54 bits per heavy atom. The van der Waals surface area contributed by atoms with Crippen molar-refractivity contribution < 1.29 is 19.2 Å². The molecule has 0 bridgehead atoms. The van der Waals surface area contributed by atoms with E-state index < -0.39 is 10.8 Å². The average Bonchev–Trinajstić information content (AvgIpc) is 2.59. The standard InChI is InChI=1S/C17H14Cl2N2O5/c1-25-15-5-4-12(21(23)24)9-14(15)20-16(22)6-3-10-7-11(18)8-13(19)17(10)26-2/h3-9H,1-2H3,(H,20,22)/b6-3+. The number of anilines is 1. The first kappa shape index (κ1) is 19.6. The van der Waals surface area contributed by atoms with Gasteiger partial charge in [0.15, 0.2) is 0 Å². The maximum Gasteiger partial charge on any atom is 0.271 e. The number of halogens is 2. The summed E-state index contributed by atoms with van der Waals surface area (Å²) in [6.45, 7) is 0. The normalized spacial score (nSPS) is 10.6. The Morgan fingerprint density at radius 2 is 1.92 bits per heavy atom. The first-order valence-electron chi connectivity index (χ1n) is 7.20. The SMILES string of the molecule is COc1ccc([N+](=O)[O-])cc1NC(=O)/C=C/c1cc(Cl)cc(Cl)c1OC. The van der Waals surface area contributed by atoms with Crippen molar-refractivity contribution in [2.45, 2.75) is 0 Å². The minimum Gasteiger partial charge on any atom is -0.495 e. The number of carbonyl (C=O) groups excluding carboxylic acids is 1. The van der Waals surface area contributed by atoms with E-state index >= 15 is 0 Å². The maximum atomic E-state index is 12.2. The minimum atomic E-state index is -0.566. The number of benzene rings is 2. The van der Waals surface area contributed by atoms with Crippen LogP contribution >= 0.6 is 23.2 Å². The summed E-state index contributed by atoms with van der Waals surface area (Å²) in [5.41, 5.74) is 0.506. The fraction of sp³-hybridized carbons (Fsp3) is 0.118. The second-order valence-electron chi connectivity index (χ2n) is 4.97. The molecule has 0 aliphatic heterocycles. The van der Waals surface area contributed by atoms with Crippen molar-refractivity contribution >= 4 is 46.6 Å². The minimum absolute atomic E-state index is 0.173. The molecular formula is C17H14Cl2N2O5. The van der Waals surface area contributed by atoms with Crippen LogP contribution in [-0.4, -0.2) is 25.1 Å². The molecule has 2 aromatic rings. The van der Waals surface area contributed by atoms with Crippen LogP contribution in [0.3, 0.4) is 0 Å². The first-order valence-corrected chi connectivity index (χ1v) is 7.95. The van der Waals surface area contributed by atoms with Crippen molar-refractivity contribution in [3.8, 4) is 11.5 Å². The summed E-state index contributed by atoms with van der Waals surface area (Å²) in [5.74, 6) is 0.135. The Kier molecular flexibility index (Phi) is 6.43. The van der Waals surface area contributed by atoms with E-state index in [-0.39, 0.29) is 11.4 Å². The fourth-order valence-electron chi connectivity index (χ4n) is 2.17. The molecule has 0 aliphatic carbocycles. The highest BCUT2D eigenvalue weighted by atomic mass is 35.5. The third-order valence-corrected chi connectivity index (χ3v) is 3.81. The number of hydrogen-bond donors (Lipinski definition) is 1. The van der Waals surface area contributed by atoms with E-state index in [4.69, 9.17) is 32.7 Å². The summed E-state index contributed by atoms with van der Waals surface area (Å²) in [6, 6.07) is 7.00. The van der Waals surface area contributed by atoms with Crippen LogP contribution in [0, 0.1) is 10.1 Å². The number of nitrogens with one attached hydrogen (secondary N) is 1. The number of nitrogens with zero attached hydrogens (tertiary/aromatic N) is 1. The van der Waals surface area contributed by atoms with Gasteiger partial charge in [-0.25, -0.2) is 0 Å². The van der Waals surface area contributed by atoms with Gasteiger partial charge in [0, 0.05) is 28.8 Å². The molecule has 7 nitrogen and oxygen atoms in total. The van der Waals surface area contributed by atoms with Gasteiger partial charge in [0.1, 0.15) is 11.5 Å². The van der Waals surface area contributed by atoms with Gasteiger partial charge in [0.05, 0.1) is 29.9 Å². The number of carbonyl (C=O) groups is 1. The van der Waals surface area contributed by atoms with Gasteiger partial charge in [-0.1, -0.05) is 23.2 Å². The largest absolute Gasteiger partial charge is 0.495 e. The Morgan fingerprint density at radius 1 is 1.19 bits per heavy atom. The number of ether oxygens (including phenoxy) is 2. The molecule has 1 N–H and O–H groups in total. The Labute approximate surface area is 159 Å². The molecule has 26 heavy (non-hydrogen) atoms. The molecule has 0 fully saturated rings. The van der Waals surface area contributed by atoms with Crippen LogP contribution in [-0.2, 0) is 4.79 Å². The summed E-state index contributed by atoms with van der Waals surface area (Å²) in [7, 11) is 2.84. The molecule has 0 atom stereocenters. The molecule has 0 heterocycles. The molecular weight excluding hydrogens is 383 g/mol. The zero-order valence-corrected chi connectivity index (χ0v) is 15.3. The Hall–Kier alpha value is -2.77. The number of amides is 1. The second-order valence-corrected chi connectivity index (χ2v) is 5.82. The van der Waals surface area contributed by atoms with Crippen molar-refractivity contribution in [3.05, 3.63) is 62.1 Å². The van der Waals surface area contributed by atoms with Gasteiger partial charge in [-0.05, 0) is 24.3 Å². The summed E-state index contributed by atoms with van der Waals surface area (Å²) < 4.78 is 10.3. The summed E-state index contributed by atoms with van der Waals surface area (Å²) in [4.78, 5) is 22.5. The molecule has 0 saturated heterocycles. The molecule has 136 valence electrons. The number of rotatable bonds is 6. The van der Waals surface area contributed by atoms with Crippen molar-refractivity contribution in [2.75, 3.05) is 19.5 Å². The van der Waals surface area contributed by atoms with Gasteiger partial charge in [-0.3, -0.25) is 14.9 Å². The molecule has 0 aromatic heterocycles. The van der Waals surface area contributed by atoms with Crippen molar-refractivity contribution in [3.63, 3.8) is 0 Å². The van der Waals surface area contributed by atoms with Gasteiger partial charge in [0.2, 0.25) is 5.91 Å². The van der Waals surface area contributed by atoms with Crippen LogP contribution in [0.15, 0.2) is 36.4 Å². The van der Waals surface area contributed by atoms with E-state index in [1.54, 1.807) is 6.07 Å². The van der Waals surface area contributed by atoms with Gasteiger partial charge >= 0.3 is 0 Å². The topological polar surface area (TPSA) is 90.7 Å². The van der Waals surface area contributed by atoms with Crippen molar-refractivity contribution in [1.29, 1.82) is 0 Å². The lowest BCUT2D eigenvalue weighted by Gasteiger charge is -2.09. The lowest BCUT2D eigenvalue weighted by molar-refractivity contribution is -0.384. The highest BCUT2D eigenvalue weighted by Gasteiger charge is 2.13. The molecule has 2 aromatic carbocycles. The molecule has 0 aliphatic rings. The average molecular weight is 397 g/mol. The van der Waals surface area contributed by atoms with Crippen LogP contribution < -0.4 is 14.8 Å². The van der Waals surface area contributed by atoms with E-state index in [1.807, 2.05) is 0 Å². The van der Waals surface area contributed by atoms with Crippen LogP contribution in [0.1, 0.15) is 5.56 Å². The van der Waals surface area contributed by atoms with E-state index in [9.17, 15) is 14.9 Å². The Bertz CT molecular complexity index is 884. The third-order valence-electron chi connectivity index (χ3n) is 3.31. The monoisotopic (exact) mass is 396 g/mol. The van der Waals surface area contributed by atoms with Crippen LogP contribution in [0.25, 0.3) is 6.08 Å². The quantitative estimate of drug-likeness (QED) is 0.438. The number of nitro groups is 1. The first-order chi connectivity index (χ1) is 12.3. The van der Waals surface area contributed by atoms with E-state index in [2.05, 4.69) is 5.32 Å². The molecule has 1 amide bonds. The smallest absolute Gasteiger partial charge is 0.271 e. The molecule has 0 radical (unpaired) electrons. The summed E-state index contributed by atoms with van der Waals surface area (Å²) >= 11 is 12.0. The fourth-order valence-corrected chi connectivity index (χ4v) is 2.75. The summed E-state index contributed by atoms with van der Waals surface area (Å²) in [5, 5.41) is 14.1. The summed E-state index contributed by atoms with van der Waals surface area (Å²) in [6.07, 6.45) is 2.69. The highest BCUT2D eigenvalue weighted by molar-refractivity contribution is 6.36. The zero-order valence-electron chi connectivity index (χ0n) is 13.8. The molecule has 0 unspecified atom stereocenters. The Balaban J connectivity index is 2.26. The van der Waals surface area contributed by atoms with E-state index in [1.165, 1.54) is 50.6 Å².